The Morgan fingerprint density at radius 1 is 1.09 bits per heavy atom. The molecule has 1 heterocycles. The van der Waals surface area contributed by atoms with Crippen molar-refractivity contribution in [2.24, 2.45) is 5.73 Å². The van der Waals surface area contributed by atoms with Crippen molar-refractivity contribution < 1.29 is 19.1 Å². The van der Waals surface area contributed by atoms with Crippen molar-refractivity contribution in [2.75, 3.05) is 13.1 Å². The molecule has 1 aliphatic heterocycles. The van der Waals surface area contributed by atoms with Gasteiger partial charge in [0.15, 0.2) is 0 Å². The Labute approximate surface area is 132 Å². The number of amides is 2. The molecule has 7 heteroatoms. The molecule has 2 amide bonds. The van der Waals surface area contributed by atoms with Crippen LogP contribution in [0, 0.1) is 0 Å². The fourth-order valence-electron chi connectivity index (χ4n) is 2.07. The van der Waals surface area contributed by atoms with Crippen LogP contribution >= 0.6 is 0 Å². The summed E-state index contributed by atoms with van der Waals surface area (Å²) in [4.78, 5) is 25.5. The molecule has 0 aliphatic carbocycles. The van der Waals surface area contributed by atoms with Gasteiger partial charge in [0, 0.05) is 19.1 Å². The van der Waals surface area contributed by atoms with Gasteiger partial charge in [-0.2, -0.15) is 0 Å². The third kappa shape index (κ3) is 6.51. The van der Waals surface area contributed by atoms with Crippen LogP contribution in [0.15, 0.2) is 0 Å². The third-order valence-corrected chi connectivity index (χ3v) is 3.02. The molecule has 0 unspecified atom stereocenters. The average molecular weight is 315 g/mol. The Hall–Kier alpha value is -1.50. The van der Waals surface area contributed by atoms with Gasteiger partial charge in [-0.05, 0) is 48.0 Å². The minimum absolute atomic E-state index is 0.216. The van der Waals surface area contributed by atoms with Crippen LogP contribution in [-0.2, 0) is 9.47 Å². The number of alkyl carbamates (subject to hydrolysis) is 1. The molecule has 0 aromatic heterocycles. The van der Waals surface area contributed by atoms with Crippen molar-refractivity contribution in [1.29, 1.82) is 0 Å². The van der Waals surface area contributed by atoms with Crippen molar-refractivity contribution in [2.45, 2.75) is 71.2 Å². The first-order valence-electron chi connectivity index (χ1n) is 7.60. The summed E-state index contributed by atoms with van der Waals surface area (Å²) in [6.45, 7) is 11.7. The molecule has 0 saturated carbocycles. The minimum atomic E-state index is -0.576. The third-order valence-electron chi connectivity index (χ3n) is 3.02. The first kappa shape index (κ1) is 18.5. The molecule has 0 aromatic rings. The fraction of sp³-hybridized carbons (Fsp3) is 0.867. The maximum atomic E-state index is 12.1. The number of nitrogens with zero attached hydrogens (tertiary/aromatic N) is 1. The van der Waals surface area contributed by atoms with Gasteiger partial charge in [-0.15, -0.1) is 0 Å². The molecule has 0 spiro atoms. The Balaban J connectivity index is 2.60. The summed E-state index contributed by atoms with van der Waals surface area (Å²) in [5, 5.41) is 2.74. The van der Waals surface area contributed by atoms with Crippen LogP contribution in [0.2, 0.25) is 0 Å². The second-order valence-electron chi connectivity index (χ2n) is 7.63. The lowest BCUT2D eigenvalue weighted by Gasteiger charge is -2.37. The number of likely N-dealkylation sites (tertiary alicyclic amines) is 1. The molecule has 2 atom stereocenters. The number of carbonyl (C=O) groups is 2. The Morgan fingerprint density at radius 3 is 2.14 bits per heavy atom. The zero-order chi connectivity index (χ0) is 17.1. The van der Waals surface area contributed by atoms with Crippen LogP contribution in [0.3, 0.4) is 0 Å². The van der Waals surface area contributed by atoms with Crippen LogP contribution < -0.4 is 11.1 Å². The average Bonchev–Trinajstić information content (AvgIpc) is 2.27. The fourth-order valence-corrected chi connectivity index (χ4v) is 2.07. The number of hydrogen-bond donors (Lipinski definition) is 2. The van der Waals surface area contributed by atoms with Gasteiger partial charge in [0.25, 0.3) is 0 Å². The van der Waals surface area contributed by atoms with E-state index in [1.54, 1.807) is 25.7 Å². The summed E-state index contributed by atoms with van der Waals surface area (Å²) in [7, 11) is 0. The van der Waals surface area contributed by atoms with Crippen LogP contribution in [0.4, 0.5) is 9.59 Å². The van der Waals surface area contributed by atoms with E-state index in [9.17, 15) is 9.59 Å². The molecule has 22 heavy (non-hydrogen) atoms. The zero-order valence-corrected chi connectivity index (χ0v) is 14.4. The molecule has 128 valence electrons. The van der Waals surface area contributed by atoms with E-state index >= 15 is 0 Å². The number of hydrogen-bond acceptors (Lipinski definition) is 5. The summed E-state index contributed by atoms with van der Waals surface area (Å²) >= 11 is 0. The first-order chi connectivity index (χ1) is 9.87. The second-order valence-corrected chi connectivity index (χ2v) is 7.63. The molecule has 1 rings (SSSR count). The molecular weight excluding hydrogens is 286 g/mol. The van der Waals surface area contributed by atoms with Crippen molar-refractivity contribution in [3.8, 4) is 0 Å². The number of rotatable bonds is 1. The normalized spacial score (nSPS) is 23.0. The zero-order valence-electron chi connectivity index (χ0n) is 14.4. The van der Waals surface area contributed by atoms with E-state index in [1.165, 1.54) is 0 Å². The van der Waals surface area contributed by atoms with E-state index < -0.39 is 23.4 Å². The Morgan fingerprint density at radius 2 is 1.64 bits per heavy atom. The number of nitrogens with one attached hydrogen (secondary N) is 1. The first-order valence-corrected chi connectivity index (χ1v) is 7.60. The summed E-state index contributed by atoms with van der Waals surface area (Å²) in [5.74, 6) is 0. The minimum Gasteiger partial charge on any atom is -0.444 e. The SMILES string of the molecule is CC(C)(C)OC(=O)N[C@@H]1CN(C(=O)OC(C)(C)C)CC[C@H]1N. The molecular formula is C15H29N3O4. The Bertz CT molecular complexity index is 412. The van der Waals surface area contributed by atoms with Crippen LogP contribution in [0.5, 0.6) is 0 Å². The molecule has 1 aliphatic rings. The quantitative estimate of drug-likeness (QED) is 0.770. The maximum Gasteiger partial charge on any atom is 0.410 e. The highest BCUT2D eigenvalue weighted by atomic mass is 16.6. The largest absolute Gasteiger partial charge is 0.444 e. The van der Waals surface area contributed by atoms with E-state index in [-0.39, 0.29) is 12.1 Å². The Kier molecular flexibility index (Phi) is 5.67. The summed E-state index contributed by atoms with van der Waals surface area (Å²) in [5.41, 5.74) is 4.91. The van der Waals surface area contributed by atoms with Crippen LogP contribution in [-0.4, -0.2) is 53.5 Å². The highest BCUT2D eigenvalue weighted by molar-refractivity contribution is 5.70. The van der Waals surface area contributed by atoms with Gasteiger partial charge < -0.3 is 25.4 Å². The number of carbonyl (C=O) groups excluding carboxylic acids is 2. The van der Waals surface area contributed by atoms with Crippen molar-refractivity contribution in [3.05, 3.63) is 0 Å². The number of piperidine rings is 1. The monoisotopic (exact) mass is 315 g/mol. The lowest BCUT2D eigenvalue weighted by atomic mass is 10.0. The molecule has 7 nitrogen and oxygen atoms in total. The predicted molar refractivity (Wildman–Crippen MR) is 83.6 cm³/mol. The van der Waals surface area contributed by atoms with E-state index in [2.05, 4.69) is 5.32 Å². The van der Waals surface area contributed by atoms with E-state index in [4.69, 9.17) is 15.2 Å². The van der Waals surface area contributed by atoms with Crippen molar-refractivity contribution >= 4 is 12.2 Å². The van der Waals surface area contributed by atoms with Crippen molar-refractivity contribution in [1.82, 2.24) is 10.2 Å². The molecule has 3 N–H and O–H groups in total. The topological polar surface area (TPSA) is 93.9 Å². The van der Waals surface area contributed by atoms with Gasteiger partial charge in [0.2, 0.25) is 0 Å². The van der Waals surface area contributed by atoms with Crippen LogP contribution in [0.25, 0.3) is 0 Å². The smallest absolute Gasteiger partial charge is 0.410 e. The summed E-state index contributed by atoms with van der Waals surface area (Å²) < 4.78 is 10.6. The van der Waals surface area contributed by atoms with Gasteiger partial charge >= 0.3 is 12.2 Å². The van der Waals surface area contributed by atoms with E-state index in [0.717, 1.165) is 0 Å². The molecule has 0 aromatic carbocycles. The van der Waals surface area contributed by atoms with Crippen LogP contribution in [0.1, 0.15) is 48.0 Å². The maximum absolute atomic E-state index is 12.1. The lowest BCUT2D eigenvalue weighted by Crippen LogP contribution is -2.60. The van der Waals surface area contributed by atoms with Gasteiger partial charge in [-0.1, -0.05) is 0 Å². The number of ether oxygens (including phenoxy) is 2. The second kappa shape index (κ2) is 6.73. The summed E-state index contributed by atoms with van der Waals surface area (Å²) in [6, 6.07) is -0.567. The number of nitrogens with two attached hydrogens (primary N) is 1. The molecule has 1 fully saturated rings. The molecule has 0 radical (unpaired) electrons. The van der Waals surface area contributed by atoms with Crippen molar-refractivity contribution in [3.63, 3.8) is 0 Å². The highest BCUT2D eigenvalue weighted by Crippen LogP contribution is 2.16. The lowest BCUT2D eigenvalue weighted by molar-refractivity contribution is 0.0145. The standard InChI is InChI=1S/C15H29N3O4/c1-14(2,3)21-12(19)17-11-9-18(8-7-10(11)16)13(20)22-15(4,5)6/h10-11H,7-9,16H2,1-6H3,(H,17,19)/t10-,11-/m1/s1. The van der Waals surface area contributed by atoms with Gasteiger partial charge in [0.05, 0.1) is 6.04 Å². The summed E-state index contributed by atoms with van der Waals surface area (Å²) in [6.07, 6.45) is -0.325. The predicted octanol–water partition coefficient (Wildman–Crippen LogP) is 1.85. The molecule has 1 saturated heterocycles. The van der Waals surface area contributed by atoms with E-state index in [0.29, 0.717) is 19.5 Å². The van der Waals surface area contributed by atoms with Gasteiger partial charge in [-0.25, -0.2) is 9.59 Å². The molecule has 0 bridgehead atoms. The highest BCUT2D eigenvalue weighted by Gasteiger charge is 2.33. The van der Waals surface area contributed by atoms with Gasteiger partial charge in [0.1, 0.15) is 11.2 Å². The van der Waals surface area contributed by atoms with Gasteiger partial charge in [-0.3, -0.25) is 0 Å². The van der Waals surface area contributed by atoms with E-state index in [1.807, 2.05) is 20.8 Å².